The van der Waals surface area contributed by atoms with E-state index in [1.54, 1.807) is 5.57 Å². The van der Waals surface area contributed by atoms with Crippen LogP contribution in [0, 0.1) is 28.6 Å². The number of allylic oxidation sites excluding steroid dienone is 1. The van der Waals surface area contributed by atoms with Gasteiger partial charge in [0.15, 0.2) is 0 Å². The minimum absolute atomic E-state index is 0.109. The molecule has 5 rings (SSSR count). The highest BCUT2D eigenvalue weighted by Crippen LogP contribution is 2.64. The van der Waals surface area contributed by atoms with Crippen molar-refractivity contribution in [3.8, 4) is 0 Å². The summed E-state index contributed by atoms with van der Waals surface area (Å²) >= 11 is 0. The third kappa shape index (κ3) is 3.39. The summed E-state index contributed by atoms with van der Waals surface area (Å²) in [6, 6.07) is 0. The molecular formula is C25H40N2O2. The number of nitrogens with zero attached hydrogens (tertiary/aromatic N) is 2. The van der Waals surface area contributed by atoms with Crippen LogP contribution >= 0.6 is 0 Å². The van der Waals surface area contributed by atoms with Crippen LogP contribution in [-0.4, -0.2) is 48.1 Å². The van der Waals surface area contributed by atoms with Crippen molar-refractivity contribution in [2.24, 2.45) is 33.7 Å². The third-order valence-corrected chi connectivity index (χ3v) is 9.69. The average molecular weight is 401 g/mol. The smallest absolute Gasteiger partial charge is 0.129 e. The SMILES string of the molecule is C[C@]12CCC(O)CC1=CC[C@@H]1[C@@H]2CC[C@]2(C)/C(=N/OCCN3CCCC3)CC[C@@H]12. The van der Waals surface area contributed by atoms with Gasteiger partial charge in [-0.1, -0.05) is 30.7 Å². The molecule has 0 bridgehead atoms. The van der Waals surface area contributed by atoms with Gasteiger partial charge in [-0.2, -0.15) is 0 Å². The molecule has 162 valence electrons. The first-order chi connectivity index (χ1) is 14.0. The molecule has 0 aromatic rings. The standard InChI is InChI=1S/C25H40N2O2/c1-24-11-9-19(28)17-18(24)5-6-20-21-7-8-23(25(21,2)12-10-22(20)24)26-29-16-15-27-13-3-4-14-27/h5,19-22,28H,3-4,6-17H2,1-2H3/b26-23+/t19?,20-,21-,22-,24-,25-/m0/s1. The van der Waals surface area contributed by atoms with Crippen LogP contribution in [0.5, 0.6) is 0 Å². The lowest BCUT2D eigenvalue weighted by Crippen LogP contribution is -2.50. The minimum atomic E-state index is -0.109. The van der Waals surface area contributed by atoms with E-state index in [1.165, 1.54) is 63.7 Å². The molecular weight excluding hydrogens is 360 g/mol. The molecule has 1 unspecified atom stereocenters. The highest BCUT2D eigenvalue weighted by atomic mass is 16.6. The quantitative estimate of drug-likeness (QED) is 0.420. The number of aliphatic hydroxyl groups excluding tert-OH is 1. The van der Waals surface area contributed by atoms with E-state index in [1.807, 2.05) is 0 Å². The van der Waals surface area contributed by atoms with Crippen molar-refractivity contribution < 1.29 is 9.94 Å². The molecule has 1 heterocycles. The van der Waals surface area contributed by atoms with Gasteiger partial charge >= 0.3 is 0 Å². The van der Waals surface area contributed by atoms with E-state index in [0.717, 1.165) is 50.2 Å². The summed E-state index contributed by atoms with van der Waals surface area (Å²) in [5.74, 6) is 2.34. The molecule has 0 aromatic heterocycles. The van der Waals surface area contributed by atoms with Gasteiger partial charge in [0.1, 0.15) is 6.61 Å². The van der Waals surface area contributed by atoms with Crippen LogP contribution in [0.4, 0.5) is 0 Å². The summed E-state index contributed by atoms with van der Waals surface area (Å²) in [6.45, 7) is 9.22. The predicted molar refractivity (Wildman–Crippen MR) is 117 cm³/mol. The summed E-state index contributed by atoms with van der Waals surface area (Å²) in [4.78, 5) is 8.35. The maximum absolute atomic E-state index is 10.2. The Labute approximate surface area is 176 Å². The molecule has 0 radical (unpaired) electrons. The van der Waals surface area contributed by atoms with Gasteiger partial charge in [-0.05, 0) is 100 Å². The molecule has 1 saturated heterocycles. The highest BCUT2D eigenvalue weighted by Gasteiger charge is 2.58. The fourth-order valence-electron chi connectivity index (χ4n) is 7.88. The Morgan fingerprint density at radius 2 is 1.86 bits per heavy atom. The van der Waals surface area contributed by atoms with Crippen LogP contribution in [-0.2, 0) is 4.84 Å². The van der Waals surface area contributed by atoms with E-state index in [2.05, 4.69) is 24.8 Å². The second-order valence-electron chi connectivity index (χ2n) is 11.1. The minimum Gasteiger partial charge on any atom is -0.394 e. The van der Waals surface area contributed by atoms with Crippen LogP contribution < -0.4 is 0 Å². The maximum Gasteiger partial charge on any atom is 0.129 e. The van der Waals surface area contributed by atoms with E-state index in [0.29, 0.717) is 5.41 Å². The largest absolute Gasteiger partial charge is 0.394 e. The molecule has 3 saturated carbocycles. The van der Waals surface area contributed by atoms with Crippen LogP contribution in [0.25, 0.3) is 0 Å². The summed E-state index contributed by atoms with van der Waals surface area (Å²) in [5, 5.41) is 14.9. The lowest BCUT2D eigenvalue weighted by molar-refractivity contribution is -0.0217. The van der Waals surface area contributed by atoms with E-state index < -0.39 is 0 Å². The predicted octanol–water partition coefficient (Wildman–Crippen LogP) is 4.78. The van der Waals surface area contributed by atoms with E-state index in [9.17, 15) is 5.11 Å². The van der Waals surface area contributed by atoms with Gasteiger partial charge in [-0.3, -0.25) is 4.90 Å². The first-order valence-electron chi connectivity index (χ1n) is 12.3. The Hall–Kier alpha value is -0.870. The van der Waals surface area contributed by atoms with Crippen molar-refractivity contribution in [2.75, 3.05) is 26.2 Å². The van der Waals surface area contributed by atoms with Gasteiger partial charge in [-0.15, -0.1) is 0 Å². The fourth-order valence-corrected chi connectivity index (χ4v) is 7.88. The van der Waals surface area contributed by atoms with Crippen molar-refractivity contribution in [1.82, 2.24) is 4.90 Å². The van der Waals surface area contributed by atoms with E-state index in [-0.39, 0.29) is 11.5 Å². The number of aliphatic hydroxyl groups is 1. The first kappa shape index (κ1) is 20.1. The molecule has 4 aliphatic carbocycles. The van der Waals surface area contributed by atoms with Crippen molar-refractivity contribution in [3.05, 3.63) is 11.6 Å². The Kier molecular flexibility index (Phi) is 5.31. The molecule has 1 N–H and O–H groups in total. The molecule has 0 amide bonds. The number of fused-ring (bicyclic) bond motifs is 5. The second kappa shape index (κ2) is 7.67. The van der Waals surface area contributed by atoms with Crippen LogP contribution in [0.3, 0.4) is 0 Å². The van der Waals surface area contributed by atoms with Gasteiger partial charge in [0, 0.05) is 12.0 Å². The zero-order chi connectivity index (χ0) is 20.1. The molecule has 5 aliphatic rings. The van der Waals surface area contributed by atoms with Gasteiger partial charge in [0.2, 0.25) is 0 Å². The molecule has 0 spiro atoms. The normalized spacial score (nSPS) is 46.2. The first-order valence-corrected chi connectivity index (χ1v) is 12.3. The van der Waals surface area contributed by atoms with Gasteiger partial charge in [0.05, 0.1) is 11.8 Å². The molecule has 4 nitrogen and oxygen atoms in total. The Morgan fingerprint density at radius 3 is 2.69 bits per heavy atom. The Bertz CT molecular complexity index is 682. The zero-order valence-corrected chi connectivity index (χ0v) is 18.5. The van der Waals surface area contributed by atoms with Crippen molar-refractivity contribution in [1.29, 1.82) is 0 Å². The second-order valence-corrected chi connectivity index (χ2v) is 11.1. The van der Waals surface area contributed by atoms with Crippen LogP contribution in [0.1, 0.15) is 78.1 Å². The van der Waals surface area contributed by atoms with Crippen LogP contribution in [0.15, 0.2) is 16.8 Å². The zero-order valence-electron chi connectivity index (χ0n) is 18.5. The van der Waals surface area contributed by atoms with Gasteiger partial charge in [-0.25, -0.2) is 0 Å². The Balaban J connectivity index is 1.27. The average Bonchev–Trinajstić information content (AvgIpc) is 3.33. The number of rotatable bonds is 4. The maximum atomic E-state index is 10.2. The summed E-state index contributed by atoms with van der Waals surface area (Å²) in [6.07, 6.45) is 14.4. The molecule has 1 aliphatic heterocycles. The van der Waals surface area contributed by atoms with Gasteiger partial charge in [0.25, 0.3) is 0 Å². The monoisotopic (exact) mass is 400 g/mol. The summed E-state index contributed by atoms with van der Waals surface area (Å²) in [5.41, 5.74) is 3.49. The lowest BCUT2D eigenvalue weighted by atomic mass is 9.48. The van der Waals surface area contributed by atoms with E-state index >= 15 is 0 Å². The van der Waals surface area contributed by atoms with Gasteiger partial charge < -0.3 is 9.94 Å². The number of likely N-dealkylation sites (tertiary alicyclic amines) is 1. The third-order valence-electron chi connectivity index (χ3n) is 9.69. The lowest BCUT2D eigenvalue weighted by Gasteiger charge is -2.57. The molecule has 29 heavy (non-hydrogen) atoms. The summed E-state index contributed by atoms with van der Waals surface area (Å²) < 4.78 is 0. The van der Waals surface area contributed by atoms with Crippen LogP contribution in [0.2, 0.25) is 0 Å². The van der Waals surface area contributed by atoms with Crippen molar-refractivity contribution >= 4 is 5.71 Å². The summed E-state index contributed by atoms with van der Waals surface area (Å²) in [7, 11) is 0. The van der Waals surface area contributed by atoms with E-state index in [4.69, 9.17) is 9.99 Å². The fraction of sp³-hybridized carbons (Fsp3) is 0.880. The topological polar surface area (TPSA) is 45.1 Å². The number of hydrogen-bond acceptors (Lipinski definition) is 4. The molecule has 6 atom stereocenters. The van der Waals surface area contributed by atoms with Crippen molar-refractivity contribution in [2.45, 2.75) is 84.2 Å². The Morgan fingerprint density at radius 1 is 1.10 bits per heavy atom. The van der Waals surface area contributed by atoms with Crippen molar-refractivity contribution in [3.63, 3.8) is 0 Å². The molecule has 4 heteroatoms. The molecule has 0 aromatic carbocycles. The molecule has 4 fully saturated rings. The number of oxime groups is 1. The number of hydrogen-bond donors (Lipinski definition) is 1. The highest BCUT2D eigenvalue weighted by molar-refractivity contribution is 5.92.